The van der Waals surface area contributed by atoms with E-state index in [0.717, 1.165) is 12.8 Å². The summed E-state index contributed by atoms with van der Waals surface area (Å²) in [5.74, 6) is -1.24. The molecule has 1 aliphatic rings. The molecule has 6 nitrogen and oxygen atoms in total. The number of aryl methyl sites for hydroxylation is 1. The summed E-state index contributed by atoms with van der Waals surface area (Å²) in [5.41, 5.74) is 0.954. The van der Waals surface area contributed by atoms with Gasteiger partial charge in [-0.3, -0.25) is 4.79 Å². The molecule has 1 aliphatic heterocycles. The molecule has 0 radical (unpaired) electrons. The first-order valence-corrected chi connectivity index (χ1v) is 5.91. The van der Waals surface area contributed by atoms with E-state index in [1.54, 1.807) is 6.92 Å². The van der Waals surface area contributed by atoms with Crippen LogP contribution in [0.5, 0.6) is 0 Å². The smallest absolute Gasteiger partial charge is 0.326 e. The minimum absolute atomic E-state index is 0.291. The Morgan fingerprint density at radius 2 is 2.22 bits per heavy atom. The second-order valence-corrected chi connectivity index (χ2v) is 4.37. The van der Waals surface area contributed by atoms with E-state index in [-0.39, 0.29) is 5.91 Å². The summed E-state index contributed by atoms with van der Waals surface area (Å²) < 4.78 is 0. The largest absolute Gasteiger partial charge is 0.480 e. The van der Waals surface area contributed by atoms with E-state index in [4.69, 9.17) is 5.11 Å². The lowest BCUT2D eigenvalue weighted by molar-refractivity contribution is -0.143. The van der Waals surface area contributed by atoms with Gasteiger partial charge in [-0.1, -0.05) is 0 Å². The first-order valence-electron chi connectivity index (χ1n) is 5.91. The molecule has 1 saturated heterocycles. The molecule has 2 heterocycles. The van der Waals surface area contributed by atoms with Crippen LogP contribution in [-0.4, -0.2) is 44.4 Å². The molecule has 1 N–H and O–H groups in total. The highest BCUT2D eigenvalue weighted by Crippen LogP contribution is 2.20. The van der Waals surface area contributed by atoms with Crippen LogP contribution in [0, 0.1) is 6.92 Å². The van der Waals surface area contributed by atoms with Crippen LogP contribution in [0.4, 0.5) is 0 Å². The lowest BCUT2D eigenvalue weighted by atomic mass is 10.0. The van der Waals surface area contributed by atoms with E-state index in [1.165, 1.54) is 17.4 Å². The van der Waals surface area contributed by atoms with E-state index < -0.39 is 12.0 Å². The average Bonchev–Trinajstić information content (AvgIpc) is 2.38. The summed E-state index contributed by atoms with van der Waals surface area (Å²) in [7, 11) is 0. The van der Waals surface area contributed by atoms with Gasteiger partial charge in [-0.15, -0.1) is 0 Å². The molecule has 96 valence electrons. The Labute approximate surface area is 105 Å². The first-order chi connectivity index (χ1) is 8.61. The maximum atomic E-state index is 12.3. The van der Waals surface area contributed by atoms with E-state index >= 15 is 0 Å². The highest BCUT2D eigenvalue weighted by atomic mass is 16.4. The monoisotopic (exact) mass is 249 g/mol. The summed E-state index contributed by atoms with van der Waals surface area (Å²) >= 11 is 0. The van der Waals surface area contributed by atoms with Crippen LogP contribution < -0.4 is 0 Å². The van der Waals surface area contributed by atoms with Gasteiger partial charge in [0.2, 0.25) is 0 Å². The zero-order valence-electron chi connectivity index (χ0n) is 10.2. The number of carboxylic acids is 1. The van der Waals surface area contributed by atoms with Crippen molar-refractivity contribution in [3.05, 3.63) is 23.8 Å². The third-order valence-electron chi connectivity index (χ3n) is 3.19. The molecular weight excluding hydrogens is 234 g/mol. The lowest BCUT2D eigenvalue weighted by Crippen LogP contribution is -2.48. The van der Waals surface area contributed by atoms with Crippen molar-refractivity contribution in [2.45, 2.75) is 32.2 Å². The van der Waals surface area contributed by atoms with Gasteiger partial charge >= 0.3 is 5.97 Å². The normalized spacial score (nSPS) is 19.6. The number of carboxylic acid groups (broad SMARTS) is 1. The minimum atomic E-state index is -0.947. The van der Waals surface area contributed by atoms with Crippen LogP contribution in [0.25, 0.3) is 0 Å². The lowest BCUT2D eigenvalue weighted by Gasteiger charge is -2.33. The molecule has 1 fully saturated rings. The van der Waals surface area contributed by atoms with Crippen LogP contribution in [0.1, 0.15) is 35.3 Å². The molecule has 0 aliphatic carbocycles. The van der Waals surface area contributed by atoms with Crippen molar-refractivity contribution in [3.8, 4) is 0 Å². The van der Waals surface area contributed by atoms with Gasteiger partial charge in [0.25, 0.3) is 5.91 Å². The summed E-state index contributed by atoms with van der Waals surface area (Å²) in [6.07, 6.45) is 5.00. The number of hydrogen-bond acceptors (Lipinski definition) is 4. The molecule has 0 saturated carbocycles. The number of rotatable bonds is 2. The van der Waals surface area contributed by atoms with Gasteiger partial charge in [-0.25, -0.2) is 14.8 Å². The van der Waals surface area contributed by atoms with E-state index in [9.17, 15) is 9.59 Å². The number of likely N-dealkylation sites (tertiary alicyclic amines) is 1. The summed E-state index contributed by atoms with van der Waals surface area (Å²) in [5, 5.41) is 9.15. The number of hydrogen-bond donors (Lipinski definition) is 1. The fourth-order valence-corrected chi connectivity index (χ4v) is 2.19. The second kappa shape index (κ2) is 5.12. The fourth-order valence-electron chi connectivity index (χ4n) is 2.19. The third kappa shape index (κ3) is 2.32. The Morgan fingerprint density at radius 1 is 1.44 bits per heavy atom. The van der Waals surface area contributed by atoms with Crippen molar-refractivity contribution in [2.75, 3.05) is 6.54 Å². The zero-order chi connectivity index (χ0) is 13.1. The summed E-state index contributed by atoms with van der Waals surface area (Å²) in [4.78, 5) is 32.7. The topological polar surface area (TPSA) is 83.4 Å². The Balaban J connectivity index is 2.27. The predicted molar refractivity (Wildman–Crippen MR) is 63.1 cm³/mol. The zero-order valence-corrected chi connectivity index (χ0v) is 10.2. The molecule has 6 heteroatoms. The summed E-state index contributed by atoms with van der Waals surface area (Å²) in [6.45, 7) is 2.19. The molecule has 2 rings (SSSR count). The number of aliphatic carboxylic acids is 1. The van der Waals surface area contributed by atoms with Crippen molar-refractivity contribution < 1.29 is 14.7 Å². The second-order valence-electron chi connectivity index (χ2n) is 4.37. The highest BCUT2D eigenvalue weighted by molar-refractivity contribution is 5.97. The van der Waals surface area contributed by atoms with Gasteiger partial charge in [0.05, 0.1) is 11.3 Å². The van der Waals surface area contributed by atoms with Gasteiger partial charge in [0.1, 0.15) is 12.4 Å². The molecule has 18 heavy (non-hydrogen) atoms. The van der Waals surface area contributed by atoms with Crippen LogP contribution >= 0.6 is 0 Å². The quantitative estimate of drug-likeness (QED) is 0.840. The van der Waals surface area contributed by atoms with E-state index in [2.05, 4.69) is 9.97 Å². The van der Waals surface area contributed by atoms with E-state index in [0.29, 0.717) is 24.2 Å². The van der Waals surface area contributed by atoms with E-state index in [1.807, 2.05) is 0 Å². The van der Waals surface area contributed by atoms with Gasteiger partial charge in [0, 0.05) is 12.7 Å². The van der Waals surface area contributed by atoms with Crippen molar-refractivity contribution in [2.24, 2.45) is 0 Å². The molecule has 1 amide bonds. The Bertz CT molecular complexity index is 475. The van der Waals surface area contributed by atoms with Crippen molar-refractivity contribution >= 4 is 11.9 Å². The van der Waals surface area contributed by atoms with Crippen molar-refractivity contribution in [3.63, 3.8) is 0 Å². The minimum Gasteiger partial charge on any atom is -0.480 e. The number of nitrogens with zero attached hydrogens (tertiary/aromatic N) is 3. The number of piperidine rings is 1. The molecule has 1 unspecified atom stereocenters. The number of aromatic nitrogens is 2. The van der Waals surface area contributed by atoms with Crippen molar-refractivity contribution in [1.29, 1.82) is 0 Å². The fraction of sp³-hybridized carbons (Fsp3) is 0.500. The highest BCUT2D eigenvalue weighted by Gasteiger charge is 2.33. The van der Waals surface area contributed by atoms with Gasteiger partial charge < -0.3 is 10.0 Å². The number of carbonyl (C=O) groups excluding carboxylic acids is 1. The Hall–Kier alpha value is -1.98. The predicted octanol–water partition coefficient (Wildman–Crippen LogP) is 0.864. The molecule has 0 bridgehead atoms. The maximum Gasteiger partial charge on any atom is 0.326 e. The van der Waals surface area contributed by atoms with Gasteiger partial charge in [-0.2, -0.15) is 0 Å². The standard InChI is InChI=1S/C12H15N3O3/c1-8-9(6-13-7-14-8)11(16)15-5-3-2-4-10(15)12(17)18/h6-7,10H,2-5H2,1H3,(H,17,18). The molecule has 0 aromatic carbocycles. The van der Waals surface area contributed by atoms with Crippen LogP contribution in [0.3, 0.4) is 0 Å². The van der Waals surface area contributed by atoms with Crippen molar-refractivity contribution in [1.82, 2.24) is 14.9 Å². The van der Waals surface area contributed by atoms with Crippen LogP contribution in [0.2, 0.25) is 0 Å². The maximum absolute atomic E-state index is 12.3. The molecule has 1 aromatic rings. The van der Waals surface area contributed by atoms with Crippen LogP contribution in [-0.2, 0) is 4.79 Å². The van der Waals surface area contributed by atoms with Crippen LogP contribution in [0.15, 0.2) is 12.5 Å². The SMILES string of the molecule is Cc1ncncc1C(=O)N1CCCCC1C(=O)O. The Kier molecular flexibility index (Phi) is 3.55. The number of carbonyl (C=O) groups is 2. The Morgan fingerprint density at radius 3 is 2.89 bits per heavy atom. The van der Waals surface area contributed by atoms with Gasteiger partial charge in [-0.05, 0) is 26.2 Å². The summed E-state index contributed by atoms with van der Waals surface area (Å²) in [6, 6.07) is -0.731. The first kappa shape index (κ1) is 12.5. The number of amides is 1. The average molecular weight is 249 g/mol. The molecular formula is C12H15N3O3. The third-order valence-corrected chi connectivity index (χ3v) is 3.19. The molecule has 1 atom stereocenters. The van der Waals surface area contributed by atoms with Gasteiger partial charge in [0.15, 0.2) is 0 Å². The molecule has 0 spiro atoms. The molecule has 1 aromatic heterocycles.